The van der Waals surface area contributed by atoms with Gasteiger partial charge in [0, 0.05) is 22.6 Å². The topological polar surface area (TPSA) is 25.8 Å². The lowest BCUT2D eigenvalue weighted by Crippen LogP contribution is -2.28. The van der Waals surface area contributed by atoms with Crippen molar-refractivity contribution in [2.45, 2.75) is 24.7 Å². The number of hydrogen-bond donors (Lipinski definition) is 0. The van der Waals surface area contributed by atoms with Crippen LogP contribution in [0, 0.1) is 5.92 Å². The number of allylic oxidation sites excluding steroid dienone is 4. The highest BCUT2D eigenvalue weighted by atomic mass is 14.9. The van der Waals surface area contributed by atoms with E-state index in [0.29, 0.717) is 11.7 Å². The predicted octanol–water partition coefficient (Wildman–Crippen LogP) is 15.1. The van der Waals surface area contributed by atoms with E-state index in [-0.39, 0.29) is 5.92 Å². The molecule has 0 aliphatic heterocycles. The highest BCUT2D eigenvalue weighted by Gasteiger charge is 2.46. The summed E-state index contributed by atoms with van der Waals surface area (Å²) in [6.45, 7) is 2.32. The Balaban J connectivity index is 1.04. The van der Waals surface area contributed by atoms with Crippen LogP contribution in [0.15, 0.2) is 237 Å². The van der Waals surface area contributed by atoms with Crippen molar-refractivity contribution < 1.29 is 0 Å². The average Bonchev–Trinajstić information content (AvgIpc) is 3.67. The molecule has 0 N–H and O–H groups in total. The van der Waals surface area contributed by atoms with Crippen molar-refractivity contribution >= 4 is 11.1 Å². The van der Waals surface area contributed by atoms with E-state index >= 15 is 0 Å². The van der Waals surface area contributed by atoms with Gasteiger partial charge in [-0.15, -0.1) is 0 Å². The quantitative estimate of drug-likeness (QED) is 0.145. The standard InChI is InChI=1S/C61H46N2/c1-2-50-51(42-20-8-3-9-21-42)38-39-52(59(50)46-24-12-5-13-25-46)43-32-34-45(35-33-43)58-41-57(44-22-10-4-11-23-44)62-60(63-58)47-36-37-54-53-30-18-19-31-55(53)61(56(54)40-47,48-26-14-6-15-27-48)49-28-16-7-17-29-49/h3-41,50,59H,2H2,1H3. The van der Waals surface area contributed by atoms with Gasteiger partial charge in [-0.3, -0.25) is 0 Å². The van der Waals surface area contributed by atoms with Gasteiger partial charge in [0.25, 0.3) is 0 Å². The van der Waals surface area contributed by atoms with E-state index in [0.717, 1.165) is 34.5 Å². The minimum Gasteiger partial charge on any atom is -0.228 e. The molecule has 0 amide bonds. The van der Waals surface area contributed by atoms with Gasteiger partial charge in [-0.25, -0.2) is 9.97 Å². The van der Waals surface area contributed by atoms with Crippen molar-refractivity contribution in [3.63, 3.8) is 0 Å². The molecule has 2 aliphatic rings. The summed E-state index contributed by atoms with van der Waals surface area (Å²) in [5.74, 6) is 1.27. The second-order valence-corrected chi connectivity index (χ2v) is 16.7. The van der Waals surface area contributed by atoms with E-state index in [9.17, 15) is 0 Å². The van der Waals surface area contributed by atoms with E-state index in [1.165, 1.54) is 61.2 Å². The van der Waals surface area contributed by atoms with Gasteiger partial charge in [0.05, 0.1) is 16.8 Å². The molecule has 0 bridgehead atoms. The third kappa shape index (κ3) is 6.67. The van der Waals surface area contributed by atoms with E-state index in [4.69, 9.17) is 9.97 Å². The molecular weight excluding hydrogens is 761 g/mol. The molecule has 0 saturated heterocycles. The molecule has 0 fully saturated rings. The van der Waals surface area contributed by atoms with Gasteiger partial charge in [-0.05, 0) is 85.7 Å². The molecule has 1 heterocycles. The van der Waals surface area contributed by atoms with Crippen LogP contribution in [0.3, 0.4) is 0 Å². The van der Waals surface area contributed by atoms with Gasteiger partial charge in [-0.2, -0.15) is 0 Å². The first-order valence-corrected chi connectivity index (χ1v) is 22.1. The largest absolute Gasteiger partial charge is 0.228 e. The molecule has 9 aromatic rings. The molecule has 0 spiro atoms. The summed E-state index contributed by atoms with van der Waals surface area (Å²) in [7, 11) is 0. The first kappa shape index (κ1) is 38.3. The van der Waals surface area contributed by atoms with Crippen molar-refractivity contribution in [1.29, 1.82) is 0 Å². The Morgan fingerprint density at radius 2 is 0.857 bits per heavy atom. The second-order valence-electron chi connectivity index (χ2n) is 16.7. The highest BCUT2D eigenvalue weighted by molar-refractivity contribution is 5.89. The van der Waals surface area contributed by atoms with Crippen LogP contribution in [-0.4, -0.2) is 9.97 Å². The van der Waals surface area contributed by atoms with Crippen LogP contribution in [0.5, 0.6) is 0 Å². The first-order chi connectivity index (χ1) is 31.2. The molecule has 300 valence electrons. The summed E-state index contributed by atoms with van der Waals surface area (Å²) < 4.78 is 0. The fourth-order valence-electron chi connectivity index (χ4n) is 10.4. The molecule has 2 nitrogen and oxygen atoms in total. The summed E-state index contributed by atoms with van der Waals surface area (Å²) in [5, 5.41) is 0. The van der Waals surface area contributed by atoms with Gasteiger partial charge < -0.3 is 0 Å². The van der Waals surface area contributed by atoms with Crippen molar-refractivity contribution in [3.8, 4) is 45.0 Å². The first-order valence-electron chi connectivity index (χ1n) is 22.1. The molecule has 1 aromatic heterocycles. The normalized spacial score (nSPS) is 16.1. The lowest BCUT2D eigenvalue weighted by molar-refractivity contribution is 0.587. The number of hydrogen-bond acceptors (Lipinski definition) is 2. The smallest absolute Gasteiger partial charge is 0.160 e. The average molecular weight is 807 g/mol. The second kappa shape index (κ2) is 16.3. The molecule has 11 rings (SSSR count). The van der Waals surface area contributed by atoms with Crippen LogP contribution in [0.25, 0.3) is 56.2 Å². The minimum absolute atomic E-state index is 0.224. The molecule has 2 heteroatoms. The van der Waals surface area contributed by atoms with Gasteiger partial charge in [-0.1, -0.05) is 231 Å². The number of benzene rings is 8. The van der Waals surface area contributed by atoms with Crippen LogP contribution in [-0.2, 0) is 5.41 Å². The van der Waals surface area contributed by atoms with Crippen molar-refractivity contribution in [2.24, 2.45) is 5.92 Å². The summed E-state index contributed by atoms with van der Waals surface area (Å²) in [6.07, 6.45) is 5.75. The maximum atomic E-state index is 5.41. The third-order valence-electron chi connectivity index (χ3n) is 13.3. The Hall–Kier alpha value is -7.68. The zero-order chi connectivity index (χ0) is 42.2. The Labute approximate surface area is 370 Å². The SMILES string of the molecule is CCC1C(c2ccccc2)=CC=C(c2ccc(-c3cc(-c4ccccc4)nc(-c4ccc5c(c4)C(c4ccccc4)(c4ccccc4)c4ccccc4-5)n3)cc2)C1c1ccccc1. The Morgan fingerprint density at radius 1 is 0.397 bits per heavy atom. The fraction of sp³-hybridized carbons (Fsp3) is 0.0820. The number of fused-ring (bicyclic) bond motifs is 3. The van der Waals surface area contributed by atoms with E-state index < -0.39 is 5.41 Å². The summed E-state index contributed by atoms with van der Waals surface area (Å²) >= 11 is 0. The van der Waals surface area contributed by atoms with Crippen LogP contribution >= 0.6 is 0 Å². The zero-order valence-corrected chi connectivity index (χ0v) is 35.3. The fourth-order valence-corrected chi connectivity index (χ4v) is 10.4. The highest BCUT2D eigenvalue weighted by Crippen LogP contribution is 2.57. The molecule has 8 aromatic carbocycles. The molecule has 2 unspecified atom stereocenters. The van der Waals surface area contributed by atoms with E-state index in [2.05, 4.69) is 244 Å². The van der Waals surface area contributed by atoms with E-state index in [1.54, 1.807) is 0 Å². The number of nitrogens with zero attached hydrogens (tertiary/aromatic N) is 2. The Bertz CT molecular complexity index is 3080. The predicted molar refractivity (Wildman–Crippen MR) is 261 cm³/mol. The van der Waals surface area contributed by atoms with E-state index in [1.807, 2.05) is 0 Å². The molecule has 2 atom stereocenters. The number of rotatable bonds is 9. The monoisotopic (exact) mass is 806 g/mol. The summed E-state index contributed by atoms with van der Waals surface area (Å²) in [6, 6.07) is 81.2. The van der Waals surface area contributed by atoms with Crippen molar-refractivity contribution in [3.05, 3.63) is 276 Å². The van der Waals surface area contributed by atoms with Gasteiger partial charge in [0.2, 0.25) is 0 Å². The molecule has 63 heavy (non-hydrogen) atoms. The van der Waals surface area contributed by atoms with Crippen molar-refractivity contribution in [1.82, 2.24) is 9.97 Å². The Morgan fingerprint density at radius 3 is 1.48 bits per heavy atom. The molecule has 0 saturated carbocycles. The van der Waals surface area contributed by atoms with Crippen LogP contribution < -0.4 is 0 Å². The number of aromatic nitrogens is 2. The van der Waals surface area contributed by atoms with Gasteiger partial charge in [0.1, 0.15) is 0 Å². The Kier molecular flexibility index (Phi) is 9.90. The summed E-state index contributed by atoms with van der Waals surface area (Å²) in [5.41, 5.74) is 18.4. The van der Waals surface area contributed by atoms with Crippen LogP contribution in [0.1, 0.15) is 58.2 Å². The molecule has 0 radical (unpaired) electrons. The maximum absolute atomic E-state index is 5.41. The minimum atomic E-state index is -0.514. The van der Waals surface area contributed by atoms with Crippen molar-refractivity contribution in [2.75, 3.05) is 0 Å². The lowest BCUT2D eigenvalue weighted by Gasteiger charge is -2.34. The molecule has 2 aliphatic carbocycles. The zero-order valence-electron chi connectivity index (χ0n) is 35.3. The van der Waals surface area contributed by atoms with Gasteiger partial charge >= 0.3 is 0 Å². The maximum Gasteiger partial charge on any atom is 0.160 e. The third-order valence-corrected chi connectivity index (χ3v) is 13.3. The summed E-state index contributed by atoms with van der Waals surface area (Å²) in [4.78, 5) is 10.7. The molecular formula is C61H46N2. The lowest BCUT2D eigenvalue weighted by atomic mass is 9.67. The van der Waals surface area contributed by atoms with Gasteiger partial charge in [0.15, 0.2) is 5.82 Å². The van der Waals surface area contributed by atoms with Crippen LogP contribution in [0.2, 0.25) is 0 Å². The van der Waals surface area contributed by atoms with Crippen LogP contribution in [0.4, 0.5) is 0 Å².